The van der Waals surface area contributed by atoms with Crippen molar-refractivity contribution in [3.63, 3.8) is 0 Å². The van der Waals surface area contributed by atoms with E-state index in [0.717, 1.165) is 23.3 Å². The third-order valence-electron chi connectivity index (χ3n) is 6.80. The first-order chi connectivity index (χ1) is 12.9. The number of amides is 1. The van der Waals surface area contributed by atoms with Gasteiger partial charge >= 0.3 is 5.97 Å². The van der Waals surface area contributed by atoms with Crippen molar-refractivity contribution in [1.82, 2.24) is 5.32 Å². The number of esters is 1. The first kappa shape index (κ1) is 18.8. The molecule has 5 heteroatoms. The molecule has 146 valence electrons. The summed E-state index contributed by atoms with van der Waals surface area (Å²) in [6, 6.07) is 7.19. The monoisotopic (exact) mass is 389 g/mol. The Morgan fingerprint density at radius 3 is 2.33 bits per heavy atom. The standard InChI is InChI=1S/C22H28ClNO3/c1-14(18-4-2-3-5-19(18)23)24-20(25)13-27-21(26)12-22-9-15-6-16(10-22)8-17(7-15)11-22/h2-5,14-17H,6-13H2,1H3,(H,24,25)/t14-,15?,16?,17?,22?/m0/s1. The molecule has 1 N–H and O–H groups in total. The Hall–Kier alpha value is -1.55. The highest BCUT2D eigenvalue weighted by Gasteiger charge is 2.51. The molecule has 0 aliphatic heterocycles. The summed E-state index contributed by atoms with van der Waals surface area (Å²) in [7, 11) is 0. The number of hydrogen-bond donors (Lipinski definition) is 1. The first-order valence-electron chi connectivity index (χ1n) is 10.1. The zero-order valence-corrected chi connectivity index (χ0v) is 16.6. The Morgan fingerprint density at radius 1 is 1.15 bits per heavy atom. The van der Waals surface area contributed by atoms with E-state index in [9.17, 15) is 9.59 Å². The summed E-state index contributed by atoms with van der Waals surface area (Å²) in [4.78, 5) is 24.6. The molecule has 5 rings (SSSR count). The van der Waals surface area contributed by atoms with Gasteiger partial charge in [0.2, 0.25) is 0 Å². The highest BCUT2D eigenvalue weighted by Crippen LogP contribution is 2.61. The number of benzene rings is 1. The van der Waals surface area contributed by atoms with Crippen LogP contribution in [0.1, 0.15) is 63.5 Å². The van der Waals surface area contributed by atoms with Crippen LogP contribution in [0.5, 0.6) is 0 Å². The molecule has 4 bridgehead atoms. The van der Waals surface area contributed by atoms with Gasteiger partial charge in [0, 0.05) is 5.02 Å². The summed E-state index contributed by atoms with van der Waals surface area (Å²) >= 11 is 6.17. The molecule has 0 saturated heterocycles. The van der Waals surface area contributed by atoms with Crippen molar-refractivity contribution in [3.8, 4) is 0 Å². The molecule has 4 aliphatic rings. The van der Waals surface area contributed by atoms with Crippen molar-refractivity contribution in [1.29, 1.82) is 0 Å². The molecule has 0 spiro atoms. The molecule has 0 heterocycles. The summed E-state index contributed by atoms with van der Waals surface area (Å²) in [6.07, 6.45) is 8.06. The Bertz CT molecular complexity index is 697. The van der Waals surface area contributed by atoms with Crippen molar-refractivity contribution in [3.05, 3.63) is 34.9 Å². The van der Waals surface area contributed by atoms with Gasteiger partial charge in [-0.1, -0.05) is 29.8 Å². The van der Waals surface area contributed by atoms with Gasteiger partial charge in [0.05, 0.1) is 12.5 Å². The van der Waals surface area contributed by atoms with Crippen LogP contribution in [0.3, 0.4) is 0 Å². The Balaban J connectivity index is 1.26. The van der Waals surface area contributed by atoms with E-state index in [1.807, 2.05) is 25.1 Å². The Labute approximate surface area is 166 Å². The molecule has 4 aliphatic carbocycles. The second-order valence-electron chi connectivity index (χ2n) is 9.07. The van der Waals surface area contributed by atoms with Gasteiger partial charge in [-0.2, -0.15) is 0 Å². The van der Waals surface area contributed by atoms with Crippen LogP contribution in [-0.2, 0) is 14.3 Å². The minimum absolute atomic E-state index is 0.146. The van der Waals surface area contributed by atoms with Crippen LogP contribution >= 0.6 is 11.6 Å². The molecular formula is C22H28ClNO3. The third-order valence-corrected chi connectivity index (χ3v) is 7.14. The maximum Gasteiger partial charge on any atom is 0.306 e. The molecule has 0 aromatic heterocycles. The van der Waals surface area contributed by atoms with E-state index in [0.29, 0.717) is 11.4 Å². The second kappa shape index (κ2) is 7.46. The molecule has 1 aromatic carbocycles. The fraction of sp³-hybridized carbons (Fsp3) is 0.636. The molecule has 0 unspecified atom stereocenters. The van der Waals surface area contributed by atoms with Crippen LogP contribution in [0.4, 0.5) is 0 Å². The lowest BCUT2D eigenvalue weighted by atomic mass is 9.49. The summed E-state index contributed by atoms with van der Waals surface area (Å²) in [5.41, 5.74) is 1.00. The van der Waals surface area contributed by atoms with Crippen molar-refractivity contribution in [2.75, 3.05) is 6.61 Å². The highest BCUT2D eigenvalue weighted by molar-refractivity contribution is 6.31. The molecule has 4 nitrogen and oxygen atoms in total. The zero-order valence-electron chi connectivity index (χ0n) is 15.9. The molecular weight excluding hydrogens is 362 g/mol. The van der Waals surface area contributed by atoms with Crippen molar-refractivity contribution in [2.45, 2.75) is 57.9 Å². The fourth-order valence-electron chi connectivity index (χ4n) is 6.20. The first-order valence-corrected chi connectivity index (χ1v) is 10.5. The van der Waals surface area contributed by atoms with E-state index in [1.54, 1.807) is 6.07 Å². The summed E-state index contributed by atoms with van der Waals surface area (Å²) in [5, 5.41) is 3.47. The van der Waals surface area contributed by atoms with E-state index in [2.05, 4.69) is 5.32 Å². The second-order valence-corrected chi connectivity index (χ2v) is 9.47. The maximum atomic E-state index is 12.4. The van der Waals surface area contributed by atoms with E-state index in [4.69, 9.17) is 16.3 Å². The average molecular weight is 390 g/mol. The topological polar surface area (TPSA) is 55.4 Å². The molecule has 27 heavy (non-hydrogen) atoms. The summed E-state index contributed by atoms with van der Waals surface area (Å²) in [5.74, 6) is 1.91. The summed E-state index contributed by atoms with van der Waals surface area (Å²) in [6.45, 7) is 1.65. The van der Waals surface area contributed by atoms with Gasteiger partial charge in [-0.05, 0) is 80.2 Å². The summed E-state index contributed by atoms with van der Waals surface area (Å²) < 4.78 is 5.33. The smallest absolute Gasteiger partial charge is 0.306 e. The van der Waals surface area contributed by atoms with E-state index in [1.165, 1.54) is 38.5 Å². The number of carbonyl (C=O) groups is 2. The largest absolute Gasteiger partial charge is 0.456 e. The van der Waals surface area contributed by atoms with Gasteiger partial charge in [0.25, 0.3) is 5.91 Å². The van der Waals surface area contributed by atoms with Gasteiger partial charge < -0.3 is 10.1 Å². The molecule has 4 fully saturated rings. The van der Waals surface area contributed by atoms with Crippen LogP contribution in [0.15, 0.2) is 24.3 Å². The minimum Gasteiger partial charge on any atom is -0.456 e. The number of hydrogen-bond acceptors (Lipinski definition) is 3. The maximum absolute atomic E-state index is 12.4. The van der Waals surface area contributed by atoms with Crippen molar-refractivity contribution < 1.29 is 14.3 Å². The van der Waals surface area contributed by atoms with Gasteiger partial charge in [0.1, 0.15) is 0 Å². The van der Waals surface area contributed by atoms with Crippen molar-refractivity contribution >= 4 is 23.5 Å². The fourth-order valence-corrected chi connectivity index (χ4v) is 6.50. The lowest BCUT2D eigenvalue weighted by Crippen LogP contribution is -2.47. The van der Waals surface area contributed by atoms with Gasteiger partial charge in [0.15, 0.2) is 6.61 Å². The predicted molar refractivity (Wildman–Crippen MR) is 104 cm³/mol. The molecule has 4 saturated carbocycles. The average Bonchev–Trinajstić information content (AvgIpc) is 2.58. The zero-order chi connectivity index (χ0) is 19.0. The molecule has 0 radical (unpaired) electrons. The quantitative estimate of drug-likeness (QED) is 0.719. The number of carbonyl (C=O) groups excluding carboxylic acids is 2. The minimum atomic E-state index is -0.290. The van der Waals surface area contributed by atoms with Crippen molar-refractivity contribution in [2.24, 2.45) is 23.2 Å². The van der Waals surface area contributed by atoms with Crippen LogP contribution < -0.4 is 5.32 Å². The van der Waals surface area contributed by atoms with Crippen LogP contribution in [0, 0.1) is 23.2 Å². The number of ether oxygens (including phenoxy) is 1. The van der Waals surface area contributed by atoms with E-state index in [-0.39, 0.29) is 29.9 Å². The number of nitrogens with one attached hydrogen (secondary N) is 1. The molecule has 1 atom stereocenters. The Morgan fingerprint density at radius 2 is 1.74 bits per heavy atom. The highest BCUT2D eigenvalue weighted by atomic mass is 35.5. The lowest BCUT2D eigenvalue weighted by Gasteiger charge is -2.56. The van der Waals surface area contributed by atoms with Gasteiger partial charge in [-0.15, -0.1) is 0 Å². The Kier molecular flexibility index (Phi) is 5.19. The third kappa shape index (κ3) is 4.16. The number of halogens is 1. The van der Waals surface area contributed by atoms with E-state index >= 15 is 0 Å². The SMILES string of the molecule is C[C@H](NC(=O)COC(=O)CC12CC3CC(CC(C3)C1)C2)c1ccccc1Cl. The van der Waals surface area contributed by atoms with E-state index < -0.39 is 0 Å². The van der Waals surface area contributed by atoms with Crippen LogP contribution in [-0.4, -0.2) is 18.5 Å². The van der Waals surface area contributed by atoms with Crippen LogP contribution in [0.25, 0.3) is 0 Å². The lowest BCUT2D eigenvalue weighted by molar-refractivity contribution is -0.155. The van der Waals surface area contributed by atoms with Gasteiger partial charge in [-0.3, -0.25) is 9.59 Å². The van der Waals surface area contributed by atoms with Gasteiger partial charge in [-0.25, -0.2) is 0 Å². The molecule has 1 amide bonds. The molecule has 1 aromatic rings. The normalized spacial score (nSPS) is 32.1. The number of rotatable bonds is 6. The predicted octanol–water partition coefficient (Wildman–Crippen LogP) is 4.67. The van der Waals surface area contributed by atoms with Crippen LogP contribution in [0.2, 0.25) is 5.02 Å².